The van der Waals surface area contributed by atoms with Crippen LogP contribution in [0.4, 0.5) is 11.4 Å². The zero-order valence-corrected chi connectivity index (χ0v) is 8.62. The van der Waals surface area contributed by atoms with Crippen molar-refractivity contribution in [3.8, 4) is 0 Å². The number of anilines is 2. The first-order valence-corrected chi connectivity index (χ1v) is 4.83. The fraction of sp³-hybridized carbons (Fsp3) is 0.182. The SMILES string of the molecule is Cc1cc(NCc2cnc[nH]2)ccc1N. The Morgan fingerprint density at radius 3 is 3.00 bits per heavy atom. The van der Waals surface area contributed by atoms with Gasteiger partial charge in [-0.1, -0.05) is 0 Å². The number of benzene rings is 1. The molecule has 2 rings (SSSR count). The van der Waals surface area contributed by atoms with E-state index in [4.69, 9.17) is 5.73 Å². The molecule has 0 aliphatic rings. The van der Waals surface area contributed by atoms with Crippen LogP contribution < -0.4 is 11.1 Å². The predicted molar refractivity (Wildman–Crippen MR) is 61.5 cm³/mol. The van der Waals surface area contributed by atoms with Crippen molar-refractivity contribution in [2.24, 2.45) is 0 Å². The number of hydrogen-bond donors (Lipinski definition) is 3. The van der Waals surface area contributed by atoms with Gasteiger partial charge >= 0.3 is 0 Å². The molecule has 4 nitrogen and oxygen atoms in total. The van der Waals surface area contributed by atoms with Crippen LogP contribution in [0.1, 0.15) is 11.3 Å². The van der Waals surface area contributed by atoms with Gasteiger partial charge in [0.05, 0.1) is 18.6 Å². The Labute approximate surface area is 88.5 Å². The van der Waals surface area contributed by atoms with Gasteiger partial charge in [0.25, 0.3) is 0 Å². The van der Waals surface area contributed by atoms with Crippen molar-refractivity contribution in [2.45, 2.75) is 13.5 Å². The molecule has 0 atom stereocenters. The second-order valence-electron chi connectivity index (χ2n) is 3.50. The average Bonchev–Trinajstić information content (AvgIpc) is 2.73. The zero-order chi connectivity index (χ0) is 10.7. The van der Waals surface area contributed by atoms with Crippen molar-refractivity contribution in [1.29, 1.82) is 0 Å². The maximum atomic E-state index is 5.74. The first-order chi connectivity index (χ1) is 7.25. The number of nitrogen functional groups attached to an aromatic ring is 1. The third kappa shape index (κ3) is 2.28. The van der Waals surface area contributed by atoms with Gasteiger partial charge in [-0.25, -0.2) is 4.98 Å². The number of imidazole rings is 1. The number of aromatic amines is 1. The van der Waals surface area contributed by atoms with Crippen LogP contribution >= 0.6 is 0 Å². The number of nitrogens with two attached hydrogens (primary N) is 1. The van der Waals surface area contributed by atoms with Crippen molar-refractivity contribution in [1.82, 2.24) is 9.97 Å². The molecular weight excluding hydrogens is 188 g/mol. The molecule has 0 saturated carbocycles. The first-order valence-electron chi connectivity index (χ1n) is 4.83. The third-order valence-corrected chi connectivity index (χ3v) is 2.31. The molecule has 0 aliphatic heterocycles. The lowest BCUT2D eigenvalue weighted by atomic mass is 10.2. The molecule has 1 heterocycles. The summed E-state index contributed by atoms with van der Waals surface area (Å²) in [4.78, 5) is 6.99. The minimum absolute atomic E-state index is 0.739. The van der Waals surface area contributed by atoms with E-state index in [1.807, 2.05) is 25.1 Å². The third-order valence-electron chi connectivity index (χ3n) is 2.31. The lowest BCUT2D eigenvalue weighted by Crippen LogP contribution is -2.00. The molecule has 2 aromatic rings. The Hall–Kier alpha value is -1.97. The highest BCUT2D eigenvalue weighted by atomic mass is 14.9. The summed E-state index contributed by atoms with van der Waals surface area (Å²) < 4.78 is 0. The molecule has 0 radical (unpaired) electrons. The van der Waals surface area contributed by atoms with Gasteiger partial charge in [-0.15, -0.1) is 0 Å². The van der Waals surface area contributed by atoms with Crippen LogP contribution in [0.5, 0.6) is 0 Å². The van der Waals surface area contributed by atoms with E-state index in [0.717, 1.165) is 29.2 Å². The number of rotatable bonds is 3. The molecule has 1 aromatic carbocycles. The standard InChI is InChI=1S/C11H14N4/c1-8-4-9(2-3-11(8)12)14-6-10-5-13-7-15-10/h2-5,7,14H,6,12H2,1H3,(H,13,15). The van der Waals surface area contributed by atoms with Crippen LogP contribution in [0, 0.1) is 6.92 Å². The van der Waals surface area contributed by atoms with Gasteiger partial charge < -0.3 is 16.0 Å². The molecule has 0 unspecified atom stereocenters. The monoisotopic (exact) mass is 202 g/mol. The summed E-state index contributed by atoms with van der Waals surface area (Å²) in [7, 11) is 0. The minimum Gasteiger partial charge on any atom is -0.399 e. The summed E-state index contributed by atoms with van der Waals surface area (Å²) in [5.41, 5.74) is 9.77. The Balaban J connectivity index is 2.02. The molecule has 4 N–H and O–H groups in total. The summed E-state index contributed by atoms with van der Waals surface area (Å²) >= 11 is 0. The number of nitrogens with zero attached hydrogens (tertiary/aromatic N) is 1. The van der Waals surface area contributed by atoms with Crippen molar-refractivity contribution >= 4 is 11.4 Å². The topological polar surface area (TPSA) is 66.7 Å². The highest BCUT2D eigenvalue weighted by Crippen LogP contribution is 2.16. The van der Waals surface area contributed by atoms with Gasteiger partial charge in [0, 0.05) is 17.6 Å². The summed E-state index contributed by atoms with van der Waals surface area (Å²) in [6.07, 6.45) is 3.47. The fourth-order valence-corrected chi connectivity index (χ4v) is 1.36. The normalized spacial score (nSPS) is 10.2. The van der Waals surface area contributed by atoms with Crippen molar-refractivity contribution in [3.63, 3.8) is 0 Å². The Bertz CT molecular complexity index is 434. The molecule has 0 saturated heterocycles. The summed E-state index contributed by atoms with van der Waals surface area (Å²) in [6, 6.07) is 5.91. The van der Waals surface area contributed by atoms with Crippen LogP contribution in [0.25, 0.3) is 0 Å². The van der Waals surface area contributed by atoms with Gasteiger partial charge in [0.1, 0.15) is 0 Å². The zero-order valence-electron chi connectivity index (χ0n) is 8.62. The Morgan fingerprint density at radius 2 is 2.33 bits per heavy atom. The number of nitrogens with one attached hydrogen (secondary N) is 2. The van der Waals surface area contributed by atoms with E-state index in [1.165, 1.54) is 0 Å². The lowest BCUT2D eigenvalue weighted by molar-refractivity contribution is 1.07. The lowest BCUT2D eigenvalue weighted by Gasteiger charge is -2.07. The van der Waals surface area contributed by atoms with Gasteiger partial charge in [0.15, 0.2) is 0 Å². The number of aromatic nitrogens is 2. The average molecular weight is 202 g/mol. The first kappa shape index (κ1) is 9.58. The number of H-pyrrole nitrogens is 1. The molecule has 4 heteroatoms. The summed E-state index contributed by atoms with van der Waals surface area (Å²) in [5, 5.41) is 3.29. The molecule has 0 fully saturated rings. The van der Waals surface area contributed by atoms with Crippen LogP contribution in [0.15, 0.2) is 30.7 Å². The number of aryl methyl sites for hydroxylation is 1. The van der Waals surface area contributed by atoms with Crippen LogP contribution in [-0.2, 0) is 6.54 Å². The van der Waals surface area contributed by atoms with E-state index in [-0.39, 0.29) is 0 Å². The number of hydrogen-bond acceptors (Lipinski definition) is 3. The van der Waals surface area contributed by atoms with E-state index in [0.29, 0.717) is 0 Å². The van der Waals surface area contributed by atoms with E-state index >= 15 is 0 Å². The summed E-state index contributed by atoms with van der Waals surface area (Å²) in [6.45, 7) is 2.74. The Kier molecular flexibility index (Phi) is 2.58. The van der Waals surface area contributed by atoms with Gasteiger partial charge in [0.2, 0.25) is 0 Å². The van der Waals surface area contributed by atoms with Crippen LogP contribution in [0.2, 0.25) is 0 Å². The van der Waals surface area contributed by atoms with Crippen molar-refractivity contribution in [2.75, 3.05) is 11.1 Å². The van der Waals surface area contributed by atoms with Crippen LogP contribution in [-0.4, -0.2) is 9.97 Å². The molecule has 0 amide bonds. The quantitative estimate of drug-likeness (QED) is 0.666. The molecule has 78 valence electrons. The fourth-order valence-electron chi connectivity index (χ4n) is 1.36. The minimum atomic E-state index is 0.739. The second-order valence-corrected chi connectivity index (χ2v) is 3.50. The van der Waals surface area contributed by atoms with Gasteiger partial charge in [-0.05, 0) is 30.7 Å². The van der Waals surface area contributed by atoms with Crippen LogP contribution in [0.3, 0.4) is 0 Å². The van der Waals surface area contributed by atoms with Crippen molar-refractivity contribution in [3.05, 3.63) is 42.0 Å². The van der Waals surface area contributed by atoms with Gasteiger partial charge in [-0.2, -0.15) is 0 Å². The summed E-state index contributed by atoms with van der Waals surface area (Å²) in [5.74, 6) is 0. The van der Waals surface area contributed by atoms with E-state index in [1.54, 1.807) is 12.5 Å². The predicted octanol–water partition coefficient (Wildman–Crippen LogP) is 1.91. The van der Waals surface area contributed by atoms with Gasteiger partial charge in [-0.3, -0.25) is 0 Å². The van der Waals surface area contributed by atoms with Crippen molar-refractivity contribution < 1.29 is 0 Å². The molecule has 0 aliphatic carbocycles. The molecule has 0 bridgehead atoms. The largest absolute Gasteiger partial charge is 0.399 e. The molecule has 15 heavy (non-hydrogen) atoms. The smallest absolute Gasteiger partial charge is 0.0922 e. The Morgan fingerprint density at radius 1 is 1.47 bits per heavy atom. The molecule has 1 aromatic heterocycles. The van der Waals surface area contributed by atoms with E-state index in [2.05, 4.69) is 15.3 Å². The van der Waals surface area contributed by atoms with E-state index in [9.17, 15) is 0 Å². The highest BCUT2D eigenvalue weighted by Gasteiger charge is 1.97. The highest BCUT2D eigenvalue weighted by molar-refractivity contribution is 5.56. The van der Waals surface area contributed by atoms with E-state index < -0.39 is 0 Å². The molecule has 0 spiro atoms. The maximum Gasteiger partial charge on any atom is 0.0922 e. The maximum absolute atomic E-state index is 5.74. The molecular formula is C11H14N4. The second kappa shape index (κ2) is 4.04.